The van der Waals surface area contributed by atoms with Crippen LogP contribution in [0.4, 0.5) is 5.95 Å². The smallest absolute Gasteiger partial charge is 0.254 e. The zero-order valence-corrected chi connectivity index (χ0v) is 12.2. The summed E-state index contributed by atoms with van der Waals surface area (Å²) in [6.45, 7) is 6.04. The number of aryl methyl sites for hydroxylation is 2. The second-order valence-electron chi connectivity index (χ2n) is 5.03. The third kappa shape index (κ3) is 2.40. The Kier molecular flexibility index (Phi) is 3.21. The Balaban J connectivity index is 1.99. The van der Waals surface area contributed by atoms with Crippen molar-refractivity contribution in [1.29, 1.82) is 0 Å². The first-order chi connectivity index (χ1) is 10.1. The molecular weight excluding hydrogens is 266 g/mol. The molecule has 0 aliphatic rings. The topological polar surface area (TPSA) is 78.3 Å². The van der Waals surface area contributed by atoms with E-state index in [0.717, 1.165) is 22.6 Å². The Morgan fingerprint density at radius 3 is 2.62 bits per heavy atom. The molecule has 0 radical (unpaired) electrons. The zero-order valence-electron chi connectivity index (χ0n) is 12.2. The minimum atomic E-state index is -0.198. The van der Waals surface area contributed by atoms with Crippen molar-refractivity contribution in [3.63, 3.8) is 0 Å². The van der Waals surface area contributed by atoms with Crippen molar-refractivity contribution in [3.05, 3.63) is 47.3 Å². The minimum Gasteiger partial charge on any atom is -0.484 e. The molecule has 6 heteroatoms. The highest BCUT2D eigenvalue weighted by atomic mass is 16.5. The molecule has 1 aromatic carbocycles. The fraction of sp³-hybridized carbons (Fsp3) is 0.267. The van der Waals surface area contributed by atoms with E-state index >= 15 is 0 Å². The maximum absolute atomic E-state index is 6.12. The first-order valence-electron chi connectivity index (χ1n) is 6.76. The SMILES string of the molecule is Cc1cccc(C)c1O[C@H](C)c1ccnc2nc(N)nn12. The van der Waals surface area contributed by atoms with E-state index in [-0.39, 0.29) is 12.1 Å². The molecule has 6 nitrogen and oxygen atoms in total. The Labute approximate surface area is 122 Å². The molecule has 0 spiro atoms. The number of anilines is 1. The fourth-order valence-corrected chi connectivity index (χ4v) is 2.36. The maximum Gasteiger partial charge on any atom is 0.254 e. The monoisotopic (exact) mass is 283 g/mol. The Morgan fingerprint density at radius 2 is 1.90 bits per heavy atom. The Hall–Kier alpha value is -2.63. The van der Waals surface area contributed by atoms with Crippen molar-refractivity contribution in [2.24, 2.45) is 0 Å². The summed E-state index contributed by atoms with van der Waals surface area (Å²) < 4.78 is 7.74. The van der Waals surface area contributed by atoms with Gasteiger partial charge in [-0.3, -0.25) is 0 Å². The second kappa shape index (κ2) is 5.05. The van der Waals surface area contributed by atoms with Crippen LogP contribution in [0, 0.1) is 13.8 Å². The summed E-state index contributed by atoms with van der Waals surface area (Å²) in [4.78, 5) is 8.20. The number of rotatable bonds is 3. The lowest BCUT2D eigenvalue weighted by atomic mass is 10.1. The van der Waals surface area contributed by atoms with Crippen LogP contribution in [-0.4, -0.2) is 19.6 Å². The number of fused-ring (bicyclic) bond motifs is 1. The molecule has 0 amide bonds. The molecule has 0 saturated carbocycles. The predicted octanol–water partition coefficient (Wildman–Crippen LogP) is 2.46. The van der Waals surface area contributed by atoms with E-state index in [4.69, 9.17) is 10.5 Å². The lowest BCUT2D eigenvalue weighted by molar-refractivity contribution is 0.216. The van der Waals surface area contributed by atoms with Crippen LogP contribution in [0.5, 0.6) is 5.75 Å². The van der Waals surface area contributed by atoms with Gasteiger partial charge in [-0.1, -0.05) is 18.2 Å². The van der Waals surface area contributed by atoms with Gasteiger partial charge in [-0.2, -0.15) is 9.50 Å². The first kappa shape index (κ1) is 13.4. The van der Waals surface area contributed by atoms with Crippen molar-refractivity contribution in [2.45, 2.75) is 26.9 Å². The van der Waals surface area contributed by atoms with E-state index in [1.54, 1.807) is 10.7 Å². The van der Waals surface area contributed by atoms with Gasteiger partial charge in [0.2, 0.25) is 5.95 Å². The van der Waals surface area contributed by atoms with Crippen molar-refractivity contribution in [1.82, 2.24) is 19.6 Å². The average Bonchev–Trinajstić information content (AvgIpc) is 2.82. The van der Waals surface area contributed by atoms with Crippen molar-refractivity contribution in [2.75, 3.05) is 5.73 Å². The predicted molar refractivity (Wildman–Crippen MR) is 80.2 cm³/mol. The lowest BCUT2D eigenvalue weighted by Gasteiger charge is -2.18. The number of para-hydroxylation sites is 1. The highest BCUT2D eigenvalue weighted by Gasteiger charge is 2.16. The van der Waals surface area contributed by atoms with Crippen LogP contribution in [0.3, 0.4) is 0 Å². The normalized spacial score (nSPS) is 12.5. The zero-order chi connectivity index (χ0) is 15.0. The largest absolute Gasteiger partial charge is 0.484 e. The van der Waals surface area contributed by atoms with Crippen LogP contribution in [0.1, 0.15) is 29.8 Å². The van der Waals surface area contributed by atoms with Crippen LogP contribution in [0.15, 0.2) is 30.5 Å². The molecule has 2 aromatic heterocycles. The summed E-state index contributed by atoms with van der Waals surface area (Å²) in [7, 11) is 0. The second-order valence-corrected chi connectivity index (χ2v) is 5.03. The van der Waals surface area contributed by atoms with Gasteiger partial charge in [-0.05, 0) is 38.0 Å². The molecule has 3 rings (SSSR count). The van der Waals surface area contributed by atoms with Crippen LogP contribution in [0.25, 0.3) is 5.78 Å². The number of nitrogens with two attached hydrogens (primary N) is 1. The van der Waals surface area contributed by atoms with E-state index in [0.29, 0.717) is 5.78 Å². The Bertz CT molecular complexity index is 776. The summed E-state index contributed by atoms with van der Waals surface area (Å²) in [5.41, 5.74) is 8.69. The van der Waals surface area contributed by atoms with Crippen LogP contribution >= 0.6 is 0 Å². The number of nitrogen functional groups attached to an aromatic ring is 1. The standard InChI is InChI=1S/C15H17N5O/c1-9-5-4-6-10(2)13(9)21-11(3)12-7-8-17-15-18-14(16)19-20(12)15/h4-8,11H,1-3H3,(H2,16,19)/t11-/m1/s1. The molecule has 0 bridgehead atoms. The van der Waals surface area contributed by atoms with Gasteiger partial charge in [-0.25, -0.2) is 4.98 Å². The van der Waals surface area contributed by atoms with Gasteiger partial charge in [0.25, 0.3) is 5.78 Å². The summed E-state index contributed by atoms with van der Waals surface area (Å²) in [5, 5.41) is 4.16. The fourth-order valence-electron chi connectivity index (χ4n) is 2.36. The van der Waals surface area contributed by atoms with Gasteiger partial charge in [-0.15, -0.1) is 5.10 Å². The minimum absolute atomic E-state index is 0.198. The van der Waals surface area contributed by atoms with Crippen LogP contribution < -0.4 is 10.5 Å². The molecule has 2 heterocycles. The van der Waals surface area contributed by atoms with E-state index < -0.39 is 0 Å². The Morgan fingerprint density at radius 1 is 1.19 bits per heavy atom. The number of hydrogen-bond acceptors (Lipinski definition) is 5. The number of hydrogen-bond donors (Lipinski definition) is 1. The summed E-state index contributed by atoms with van der Waals surface area (Å²) in [5.74, 6) is 1.57. The molecule has 0 unspecified atom stereocenters. The molecule has 0 saturated heterocycles. The number of aromatic nitrogens is 4. The highest BCUT2D eigenvalue weighted by Crippen LogP contribution is 2.28. The third-order valence-electron chi connectivity index (χ3n) is 3.41. The van der Waals surface area contributed by atoms with Crippen LogP contribution in [0.2, 0.25) is 0 Å². The molecule has 0 fully saturated rings. The van der Waals surface area contributed by atoms with Gasteiger partial charge in [0.05, 0.1) is 5.69 Å². The summed E-state index contributed by atoms with van der Waals surface area (Å²) in [6, 6.07) is 7.94. The van der Waals surface area contributed by atoms with E-state index in [2.05, 4.69) is 15.1 Å². The van der Waals surface area contributed by atoms with E-state index in [1.807, 2.05) is 45.0 Å². The van der Waals surface area contributed by atoms with Crippen molar-refractivity contribution in [3.8, 4) is 5.75 Å². The molecule has 108 valence electrons. The van der Waals surface area contributed by atoms with Crippen molar-refractivity contribution < 1.29 is 4.74 Å². The van der Waals surface area contributed by atoms with Gasteiger partial charge < -0.3 is 10.5 Å². The molecular formula is C15H17N5O. The van der Waals surface area contributed by atoms with Crippen LogP contribution in [-0.2, 0) is 0 Å². The quantitative estimate of drug-likeness (QED) is 0.798. The van der Waals surface area contributed by atoms with Gasteiger partial charge in [0, 0.05) is 6.20 Å². The molecule has 0 aliphatic carbocycles. The molecule has 2 N–H and O–H groups in total. The lowest BCUT2D eigenvalue weighted by Crippen LogP contribution is -2.11. The first-order valence-corrected chi connectivity index (χ1v) is 6.76. The molecule has 1 atom stereocenters. The maximum atomic E-state index is 6.12. The summed E-state index contributed by atoms with van der Waals surface area (Å²) in [6.07, 6.45) is 1.49. The molecule has 3 aromatic rings. The molecule has 0 aliphatic heterocycles. The summed E-state index contributed by atoms with van der Waals surface area (Å²) >= 11 is 0. The van der Waals surface area contributed by atoms with Gasteiger partial charge in [0.1, 0.15) is 11.9 Å². The van der Waals surface area contributed by atoms with Gasteiger partial charge in [0.15, 0.2) is 0 Å². The molecule has 21 heavy (non-hydrogen) atoms. The van der Waals surface area contributed by atoms with Crippen molar-refractivity contribution >= 4 is 11.7 Å². The highest BCUT2D eigenvalue weighted by molar-refractivity contribution is 5.40. The number of benzene rings is 1. The van der Waals surface area contributed by atoms with E-state index in [9.17, 15) is 0 Å². The van der Waals surface area contributed by atoms with E-state index in [1.165, 1.54) is 0 Å². The third-order valence-corrected chi connectivity index (χ3v) is 3.41. The van der Waals surface area contributed by atoms with Gasteiger partial charge >= 0.3 is 0 Å². The number of nitrogens with zero attached hydrogens (tertiary/aromatic N) is 4. The average molecular weight is 283 g/mol. The number of ether oxygens (including phenoxy) is 1.